The van der Waals surface area contributed by atoms with Crippen LogP contribution < -0.4 is 10.2 Å². The summed E-state index contributed by atoms with van der Waals surface area (Å²) in [4.78, 5) is 26.4. The van der Waals surface area contributed by atoms with E-state index in [4.69, 9.17) is 11.6 Å². The minimum atomic E-state index is -0.373. The molecule has 2 aromatic carbocycles. The Morgan fingerprint density at radius 2 is 1.88 bits per heavy atom. The number of nitrogens with one attached hydrogen (secondary N) is 1. The number of anilines is 1. The van der Waals surface area contributed by atoms with Gasteiger partial charge < -0.3 is 10.2 Å². The molecule has 130 valence electrons. The molecule has 0 saturated heterocycles. The molecule has 2 unspecified atom stereocenters. The Morgan fingerprint density at radius 1 is 1.20 bits per heavy atom. The average Bonchev–Trinajstić information content (AvgIpc) is 2.90. The Bertz CT molecular complexity index is 789. The lowest BCUT2D eigenvalue weighted by Crippen LogP contribution is -2.39. The van der Waals surface area contributed by atoms with Crippen molar-refractivity contribution in [2.75, 3.05) is 4.90 Å². The maximum absolute atomic E-state index is 13.0. The van der Waals surface area contributed by atoms with Gasteiger partial charge in [0.05, 0.1) is 12.5 Å². The van der Waals surface area contributed by atoms with Crippen molar-refractivity contribution in [3.05, 3.63) is 64.7 Å². The smallest absolute Gasteiger partial charge is 0.229 e. The number of halogens is 1. The SMILES string of the molecule is CC(=O)NC(CC(=O)N1c2ccccc2CC1C)c1ccc(Cl)cc1. The highest BCUT2D eigenvalue weighted by molar-refractivity contribution is 6.30. The van der Waals surface area contributed by atoms with Crippen molar-refractivity contribution in [2.45, 2.75) is 38.8 Å². The van der Waals surface area contributed by atoms with Crippen molar-refractivity contribution in [2.24, 2.45) is 0 Å². The molecular formula is C20H21ClN2O2. The molecule has 0 radical (unpaired) electrons. The molecule has 0 saturated carbocycles. The average molecular weight is 357 g/mol. The Labute approximate surface area is 152 Å². The molecule has 0 bridgehead atoms. The predicted octanol–water partition coefficient (Wildman–Crippen LogP) is 3.89. The number of amides is 2. The zero-order valence-corrected chi connectivity index (χ0v) is 15.1. The number of benzene rings is 2. The first-order valence-electron chi connectivity index (χ1n) is 8.38. The first-order chi connectivity index (χ1) is 12.0. The van der Waals surface area contributed by atoms with Crippen molar-refractivity contribution in [3.63, 3.8) is 0 Å². The van der Waals surface area contributed by atoms with Gasteiger partial charge in [-0.15, -0.1) is 0 Å². The van der Waals surface area contributed by atoms with Gasteiger partial charge >= 0.3 is 0 Å². The monoisotopic (exact) mass is 356 g/mol. The highest BCUT2D eigenvalue weighted by atomic mass is 35.5. The van der Waals surface area contributed by atoms with E-state index < -0.39 is 0 Å². The van der Waals surface area contributed by atoms with E-state index in [9.17, 15) is 9.59 Å². The minimum Gasteiger partial charge on any atom is -0.349 e. The van der Waals surface area contributed by atoms with Gasteiger partial charge in [0.25, 0.3) is 0 Å². The van der Waals surface area contributed by atoms with Crippen LogP contribution in [0.4, 0.5) is 5.69 Å². The molecule has 3 rings (SSSR count). The third-order valence-corrected chi connectivity index (χ3v) is 4.76. The van der Waals surface area contributed by atoms with Gasteiger partial charge in [0, 0.05) is 23.7 Å². The number of nitrogens with zero attached hydrogens (tertiary/aromatic N) is 1. The summed E-state index contributed by atoms with van der Waals surface area (Å²) >= 11 is 5.94. The largest absolute Gasteiger partial charge is 0.349 e. The van der Waals surface area contributed by atoms with Crippen molar-refractivity contribution in [1.29, 1.82) is 0 Å². The van der Waals surface area contributed by atoms with Gasteiger partial charge in [0.1, 0.15) is 0 Å². The van der Waals surface area contributed by atoms with Crippen molar-refractivity contribution >= 4 is 29.1 Å². The number of hydrogen-bond donors (Lipinski definition) is 1. The van der Waals surface area contributed by atoms with E-state index in [1.165, 1.54) is 12.5 Å². The number of hydrogen-bond acceptors (Lipinski definition) is 2. The van der Waals surface area contributed by atoms with E-state index in [-0.39, 0.29) is 30.3 Å². The number of rotatable bonds is 4. The Kier molecular flexibility index (Phi) is 5.09. The van der Waals surface area contributed by atoms with E-state index in [1.54, 1.807) is 12.1 Å². The number of carbonyl (C=O) groups excluding carboxylic acids is 2. The number of fused-ring (bicyclic) bond motifs is 1. The second-order valence-electron chi connectivity index (χ2n) is 6.45. The van der Waals surface area contributed by atoms with Crippen LogP contribution >= 0.6 is 11.6 Å². The first-order valence-corrected chi connectivity index (χ1v) is 8.76. The van der Waals surface area contributed by atoms with Gasteiger partial charge in [0.15, 0.2) is 0 Å². The maximum Gasteiger partial charge on any atom is 0.229 e. The molecular weight excluding hydrogens is 336 g/mol. The third-order valence-electron chi connectivity index (χ3n) is 4.50. The predicted molar refractivity (Wildman–Crippen MR) is 99.7 cm³/mol. The molecule has 4 nitrogen and oxygen atoms in total. The van der Waals surface area contributed by atoms with Crippen molar-refractivity contribution < 1.29 is 9.59 Å². The summed E-state index contributed by atoms with van der Waals surface area (Å²) in [5, 5.41) is 3.50. The maximum atomic E-state index is 13.0. The zero-order chi connectivity index (χ0) is 18.0. The van der Waals surface area contributed by atoms with Gasteiger partial charge in [-0.3, -0.25) is 9.59 Å². The topological polar surface area (TPSA) is 49.4 Å². The van der Waals surface area contributed by atoms with E-state index in [0.717, 1.165) is 17.7 Å². The molecule has 5 heteroatoms. The van der Waals surface area contributed by atoms with Gasteiger partial charge in [-0.1, -0.05) is 41.9 Å². The Morgan fingerprint density at radius 3 is 2.56 bits per heavy atom. The fourth-order valence-corrected chi connectivity index (χ4v) is 3.54. The van der Waals surface area contributed by atoms with Gasteiger partial charge in [0.2, 0.25) is 11.8 Å². The molecule has 0 spiro atoms. The quantitative estimate of drug-likeness (QED) is 0.903. The minimum absolute atomic E-state index is 0.00569. The molecule has 0 aromatic heterocycles. The van der Waals surface area contributed by atoms with E-state index in [1.807, 2.05) is 42.2 Å². The summed E-state index contributed by atoms with van der Waals surface area (Å²) in [6, 6.07) is 14.9. The van der Waals surface area contributed by atoms with Crippen molar-refractivity contribution in [3.8, 4) is 0 Å². The standard InChI is InChI=1S/C20H21ClN2O2/c1-13-11-16-5-3-4-6-19(16)23(13)20(25)12-18(22-14(2)24)15-7-9-17(21)10-8-15/h3-10,13,18H,11-12H2,1-2H3,(H,22,24). The lowest BCUT2D eigenvalue weighted by Gasteiger charge is -2.26. The Hall–Kier alpha value is -2.33. The van der Waals surface area contributed by atoms with E-state index in [0.29, 0.717) is 5.02 Å². The molecule has 1 N–H and O–H groups in total. The lowest BCUT2D eigenvalue weighted by molar-refractivity contribution is -0.121. The van der Waals surface area contributed by atoms with Crippen LogP contribution in [0.5, 0.6) is 0 Å². The summed E-state index contributed by atoms with van der Waals surface area (Å²) in [6.07, 6.45) is 1.06. The fraction of sp³-hybridized carbons (Fsp3) is 0.300. The molecule has 0 aliphatic carbocycles. The van der Waals surface area contributed by atoms with Crippen LogP contribution in [0.15, 0.2) is 48.5 Å². The van der Waals surface area contributed by atoms with Crippen LogP contribution in [0.2, 0.25) is 5.02 Å². The normalized spacial score (nSPS) is 17.1. The zero-order valence-electron chi connectivity index (χ0n) is 14.3. The molecule has 0 fully saturated rings. The summed E-state index contributed by atoms with van der Waals surface area (Å²) in [5.41, 5.74) is 3.02. The molecule has 1 aliphatic heterocycles. The molecule has 2 aromatic rings. The van der Waals surface area contributed by atoms with E-state index in [2.05, 4.69) is 11.4 Å². The molecule has 1 aliphatic rings. The van der Waals surface area contributed by atoms with Crippen LogP contribution in [0, 0.1) is 0 Å². The second-order valence-corrected chi connectivity index (χ2v) is 6.89. The highest BCUT2D eigenvalue weighted by Gasteiger charge is 2.32. The van der Waals surface area contributed by atoms with Gasteiger partial charge in [-0.2, -0.15) is 0 Å². The second kappa shape index (κ2) is 7.28. The summed E-state index contributed by atoms with van der Waals surface area (Å²) in [6.45, 7) is 3.51. The molecule has 2 amide bonds. The van der Waals surface area contributed by atoms with E-state index >= 15 is 0 Å². The molecule has 25 heavy (non-hydrogen) atoms. The van der Waals surface area contributed by atoms with Crippen LogP contribution in [-0.2, 0) is 16.0 Å². The third kappa shape index (κ3) is 3.85. The van der Waals surface area contributed by atoms with Crippen LogP contribution in [0.1, 0.15) is 37.4 Å². The van der Waals surface area contributed by atoms with Gasteiger partial charge in [-0.25, -0.2) is 0 Å². The van der Waals surface area contributed by atoms with Crippen LogP contribution in [0.25, 0.3) is 0 Å². The van der Waals surface area contributed by atoms with Crippen molar-refractivity contribution in [1.82, 2.24) is 5.32 Å². The first kappa shape index (κ1) is 17.5. The molecule has 1 heterocycles. The van der Waals surface area contributed by atoms with Crippen LogP contribution in [-0.4, -0.2) is 17.9 Å². The lowest BCUT2D eigenvalue weighted by atomic mass is 10.0. The summed E-state index contributed by atoms with van der Waals surface area (Å²) in [5.74, 6) is -0.159. The van der Waals surface area contributed by atoms with Crippen LogP contribution in [0.3, 0.4) is 0 Å². The number of carbonyl (C=O) groups is 2. The molecule has 2 atom stereocenters. The summed E-state index contributed by atoms with van der Waals surface area (Å²) in [7, 11) is 0. The fourth-order valence-electron chi connectivity index (χ4n) is 3.41. The highest BCUT2D eigenvalue weighted by Crippen LogP contribution is 2.33. The number of para-hydroxylation sites is 1. The van der Waals surface area contributed by atoms with Gasteiger partial charge in [-0.05, 0) is 42.7 Å². The summed E-state index contributed by atoms with van der Waals surface area (Å²) < 4.78 is 0. The Balaban J connectivity index is 1.83.